The molecule has 1 amide bonds. The van der Waals surface area contributed by atoms with Gasteiger partial charge >= 0.3 is 0 Å². The normalized spacial score (nSPS) is 19.8. The molecule has 3 rings (SSSR count). The van der Waals surface area contributed by atoms with E-state index in [1.165, 1.54) is 6.42 Å². The Morgan fingerprint density at radius 2 is 2.00 bits per heavy atom. The van der Waals surface area contributed by atoms with Crippen LogP contribution in [0.1, 0.15) is 37.8 Å². The average molecular weight is 320 g/mol. The fourth-order valence-electron chi connectivity index (χ4n) is 3.02. The first-order chi connectivity index (χ1) is 10.7. The van der Waals surface area contributed by atoms with Gasteiger partial charge in [-0.15, -0.1) is 0 Å². The number of rotatable bonds is 4. The zero-order valence-corrected chi connectivity index (χ0v) is 14.2. The van der Waals surface area contributed by atoms with Gasteiger partial charge in [-0.2, -0.15) is 0 Å². The molecule has 0 unspecified atom stereocenters. The van der Waals surface area contributed by atoms with E-state index in [4.69, 9.17) is 0 Å². The van der Waals surface area contributed by atoms with Crippen LogP contribution in [-0.4, -0.2) is 41.3 Å². The zero-order valence-electron chi connectivity index (χ0n) is 13.3. The van der Waals surface area contributed by atoms with E-state index in [0.717, 1.165) is 55.4 Å². The van der Waals surface area contributed by atoms with Gasteiger partial charge in [-0.3, -0.25) is 4.79 Å². The molecule has 22 heavy (non-hydrogen) atoms. The Labute approximate surface area is 136 Å². The van der Waals surface area contributed by atoms with E-state index in [2.05, 4.69) is 20.2 Å². The van der Waals surface area contributed by atoms with Crippen molar-refractivity contribution >= 4 is 23.5 Å². The number of aromatic nitrogens is 2. The Morgan fingerprint density at radius 1 is 1.27 bits per heavy atom. The number of piperidine rings is 1. The van der Waals surface area contributed by atoms with Crippen molar-refractivity contribution in [3.8, 4) is 0 Å². The Balaban J connectivity index is 1.55. The van der Waals surface area contributed by atoms with Crippen LogP contribution in [0.15, 0.2) is 11.2 Å². The lowest BCUT2D eigenvalue weighted by atomic mass is 9.84. The molecule has 6 heteroatoms. The molecular weight excluding hydrogens is 296 g/mol. The number of hydrogen-bond donors (Lipinski definition) is 1. The van der Waals surface area contributed by atoms with E-state index in [9.17, 15) is 4.79 Å². The minimum Gasteiger partial charge on any atom is -0.356 e. The summed E-state index contributed by atoms with van der Waals surface area (Å²) in [6.07, 6.45) is 7.35. The standard InChI is InChI=1S/C16H24N4OS/c1-11-10-14(19-16(17-11)22-2)20-8-6-13(7-9-20)18-15(21)12-4-3-5-12/h10,12-13H,3-9H2,1-2H3,(H,18,21). The number of amides is 1. The lowest BCUT2D eigenvalue weighted by molar-refractivity contribution is -0.128. The van der Waals surface area contributed by atoms with E-state index in [1.54, 1.807) is 11.8 Å². The van der Waals surface area contributed by atoms with Crippen LogP contribution in [0.5, 0.6) is 0 Å². The lowest BCUT2D eigenvalue weighted by Gasteiger charge is -2.35. The van der Waals surface area contributed by atoms with Crippen molar-refractivity contribution in [2.75, 3.05) is 24.2 Å². The summed E-state index contributed by atoms with van der Waals surface area (Å²) in [7, 11) is 0. The second-order valence-corrected chi connectivity index (χ2v) is 7.03. The Kier molecular flexibility index (Phi) is 4.86. The fourth-order valence-corrected chi connectivity index (χ4v) is 3.44. The van der Waals surface area contributed by atoms with Gasteiger partial charge in [0.1, 0.15) is 5.82 Å². The van der Waals surface area contributed by atoms with Gasteiger partial charge in [-0.1, -0.05) is 18.2 Å². The van der Waals surface area contributed by atoms with Crippen LogP contribution < -0.4 is 10.2 Å². The third-order valence-electron chi connectivity index (χ3n) is 4.64. The molecule has 1 saturated carbocycles. The number of nitrogens with zero attached hydrogens (tertiary/aromatic N) is 3. The summed E-state index contributed by atoms with van der Waals surface area (Å²) in [4.78, 5) is 23.3. The van der Waals surface area contributed by atoms with Crippen molar-refractivity contribution in [3.05, 3.63) is 11.8 Å². The minimum absolute atomic E-state index is 0.271. The molecule has 1 aliphatic carbocycles. The fraction of sp³-hybridized carbons (Fsp3) is 0.688. The summed E-state index contributed by atoms with van der Waals surface area (Å²) < 4.78 is 0. The maximum absolute atomic E-state index is 12.0. The van der Waals surface area contributed by atoms with Gasteiger partial charge in [0.15, 0.2) is 5.16 Å². The van der Waals surface area contributed by atoms with Gasteiger partial charge in [0.25, 0.3) is 0 Å². The lowest BCUT2D eigenvalue weighted by Crippen LogP contribution is -2.47. The molecule has 1 aromatic rings. The highest BCUT2D eigenvalue weighted by Crippen LogP contribution is 2.27. The molecule has 120 valence electrons. The molecule has 5 nitrogen and oxygen atoms in total. The summed E-state index contributed by atoms with van der Waals surface area (Å²) in [5.74, 6) is 1.57. The van der Waals surface area contributed by atoms with Crippen molar-refractivity contribution < 1.29 is 4.79 Å². The molecule has 0 aromatic carbocycles. The van der Waals surface area contributed by atoms with Crippen molar-refractivity contribution in [1.29, 1.82) is 0 Å². The number of anilines is 1. The number of carbonyl (C=O) groups is 1. The molecule has 0 spiro atoms. The van der Waals surface area contributed by atoms with E-state index < -0.39 is 0 Å². The van der Waals surface area contributed by atoms with Crippen molar-refractivity contribution in [2.45, 2.75) is 50.2 Å². The predicted octanol–water partition coefficient (Wildman–Crippen LogP) is 2.39. The Hall–Kier alpha value is -1.30. The van der Waals surface area contributed by atoms with Crippen LogP contribution in [0.3, 0.4) is 0 Å². The largest absolute Gasteiger partial charge is 0.356 e. The number of thioether (sulfide) groups is 1. The van der Waals surface area contributed by atoms with Crippen LogP contribution in [0.25, 0.3) is 0 Å². The van der Waals surface area contributed by atoms with Gasteiger partial charge in [0.2, 0.25) is 5.91 Å². The summed E-state index contributed by atoms with van der Waals surface area (Å²) in [6.45, 7) is 3.90. The third kappa shape index (κ3) is 3.54. The molecule has 0 bridgehead atoms. The first-order valence-electron chi connectivity index (χ1n) is 8.10. The zero-order chi connectivity index (χ0) is 15.5. The van der Waals surface area contributed by atoms with Crippen LogP contribution >= 0.6 is 11.8 Å². The topological polar surface area (TPSA) is 58.1 Å². The smallest absolute Gasteiger partial charge is 0.223 e. The monoisotopic (exact) mass is 320 g/mol. The van der Waals surface area contributed by atoms with E-state index in [1.807, 2.05) is 19.2 Å². The highest BCUT2D eigenvalue weighted by Gasteiger charge is 2.28. The van der Waals surface area contributed by atoms with Gasteiger partial charge in [-0.25, -0.2) is 9.97 Å². The molecule has 1 saturated heterocycles. The molecule has 2 heterocycles. The summed E-state index contributed by atoms with van der Waals surface area (Å²) in [5, 5.41) is 4.05. The maximum Gasteiger partial charge on any atom is 0.223 e. The van der Waals surface area contributed by atoms with Crippen molar-refractivity contribution in [1.82, 2.24) is 15.3 Å². The Morgan fingerprint density at radius 3 is 2.59 bits per heavy atom. The van der Waals surface area contributed by atoms with Crippen LogP contribution in [0.2, 0.25) is 0 Å². The SMILES string of the molecule is CSc1nc(C)cc(N2CCC(NC(=O)C3CCC3)CC2)n1. The molecular formula is C16H24N4OS. The second kappa shape index (κ2) is 6.86. The van der Waals surface area contributed by atoms with Crippen LogP contribution in [0.4, 0.5) is 5.82 Å². The summed E-state index contributed by atoms with van der Waals surface area (Å²) >= 11 is 1.58. The van der Waals surface area contributed by atoms with Gasteiger partial charge in [0, 0.05) is 36.8 Å². The molecule has 0 radical (unpaired) electrons. The number of hydrogen-bond acceptors (Lipinski definition) is 5. The van der Waals surface area contributed by atoms with Crippen LogP contribution in [0, 0.1) is 12.8 Å². The number of carbonyl (C=O) groups excluding carboxylic acids is 1. The molecule has 1 aromatic heterocycles. The number of nitrogens with one attached hydrogen (secondary N) is 1. The predicted molar refractivity (Wildman–Crippen MR) is 89.3 cm³/mol. The highest BCUT2D eigenvalue weighted by molar-refractivity contribution is 7.98. The van der Waals surface area contributed by atoms with E-state index in [0.29, 0.717) is 6.04 Å². The summed E-state index contributed by atoms with van der Waals surface area (Å²) in [6, 6.07) is 2.37. The van der Waals surface area contributed by atoms with Gasteiger partial charge in [0.05, 0.1) is 0 Å². The minimum atomic E-state index is 0.271. The highest BCUT2D eigenvalue weighted by atomic mass is 32.2. The third-order valence-corrected chi connectivity index (χ3v) is 5.19. The maximum atomic E-state index is 12.0. The van der Waals surface area contributed by atoms with Gasteiger partial charge in [-0.05, 0) is 38.9 Å². The number of aryl methyl sites for hydroxylation is 1. The molecule has 0 atom stereocenters. The van der Waals surface area contributed by atoms with Crippen LogP contribution in [-0.2, 0) is 4.79 Å². The quantitative estimate of drug-likeness (QED) is 0.682. The molecule has 2 fully saturated rings. The first kappa shape index (κ1) is 15.6. The van der Waals surface area contributed by atoms with E-state index >= 15 is 0 Å². The second-order valence-electron chi connectivity index (χ2n) is 6.25. The van der Waals surface area contributed by atoms with Gasteiger partial charge < -0.3 is 10.2 Å². The first-order valence-corrected chi connectivity index (χ1v) is 9.33. The Bertz CT molecular complexity index is 539. The molecule has 1 aliphatic heterocycles. The molecule has 2 aliphatic rings. The summed E-state index contributed by atoms with van der Waals surface area (Å²) in [5.41, 5.74) is 1.01. The van der Waals surface area contributed by atoms with Crippen molar-refractivity contribution in [3.63, 3.8) is 0 Å². The molecule has 1 N–H and O–H groups in total. The van der Waals surface area contributed by atoms with E-state index in [-0.39, 0.29) is 11.8 Å². The van der Waals surface area contributed by atoms with Crippen molar-refractivity contribution in [2.24, 2.45) is 5.92 Å². The average Bonchev–Trinajstić information content (AvgIpc) is 2.45.